The van der Waals surface area contributed by atoms with Gasteiger partial charge in [0, 0.05) is 0 Å². The van der Waals surface area contributed by atoms with Gasteiger partial charge in [-0.3, -0.25) is 0 Å². The van der Waals surface area contributed by atoms with Crippen LogP contribution in [0.5, 0.6) is 5.75 Å². The van der Waals surface area contributed by atoms with E-state index in [0.717, 1.165) is 18.1 Å². The Kier molecular flexibility index (Phi) is 6.38. The Hall–Kier alpha value is -1.02. The van der Waals surface area contributed by atoms with Gasteiger partial charge in [0.25, 0.3) is 0 Å². The Morgan fingerprint density at radius 1 is 1.05 bits per heavy atom. The van der Waals surface area contributed by atoms with Gasteiger partial charge in [0.2, 0.25) is 0 Å². The van der Waals surface area contributed by atoms with Crippen molar-refractivity contribution in [1.29, 1.82) is 0 Å². The molecular weight excluding hydrogens is 248 g/mol. The lowest BCUT2D eigenvalue weighted by Crippen LogP contribution is -2.13. The molecule has 2 rings (SSSR count). The molecule has 0 bridgehead atoms. The van der Waals surface area contributed by atoms with Gasteiger partial charge < -0.3 is 9.47 Å². The van der Waals surface area contributed by atoms with Gasteiger partial charge >= 0.3 is 0 Å². The quantitative estimate of drug-likeness (QED) is 0.657. The van der Waals surface area contributed by atoms with Crippen LogP contribution in [0.4, 0.5) is 0 Å². The van der Waals surface area contributed by atoms with Gasteiger partial charge in [-0.25, -0.2) is 0 Å². The third-order valence-corrected chi connectivity index (χ3v) is 4.29. The van der Waals surface area contributed by atoms with E-state index in [4.69, 9.17) is 9.47 Å². The second kappa shape index (κ2) is 8.31. The highest BCUT2D eigenvalue weighted by Crippen LogP contribution is 2.33. The van der Waals surface area contributed by atoms with E-state index in [0.29, 0.717) is 19.3 Å². The Balaban J connectivity index is 1.73. The van der Waals surface area contributed by atoms with Gasteiger partial charge in [-0.1, -0.05) is 38.3 Å². The van der Waals surface area contributed by atoms with Crippen LogP contribution in [0.2, 0.25) is 0 Å². The first-order valence-corrected chi connectivity index (χ1v) is 8.14. The molecule has 1 atom stereocenters. The molecule has 112 valence electrons. The van der Waals surface area contributed by atoms with E-state index < -0.39 is 0 Å². The molecule has 1 aromatic carbocycles. The summed E-state index contributed by atoms with van der Waals surface area (Å²) in [5, 5.41) is 0. The van der Waals surface area contributed by atoms with Gasteiger partial charge in [-0.15, -0.1) is 0 Å². The van der Waals surface area contributed by atoms with E-state index in [1.54, 1.807) is 0 Å². The molecular formula is C18H28O2. The molecule has 2 heteroatoms. The highest BCUT2D eigenvalue weighted by atomic mass is 16.5. The molecule has 1 aliphatic carbocycles. The SMILES string of the molecule is CCC(C)OCCOc1ccc(C2CCCCC2)cc1. The largest absolute Gasteiger partial charge is 0.491 e. The van der Waals surface area contributed by atoms with Crippen LogP contribution in [0.15, 0.2) is 24.3 Å². The van der Waals surface area contributed by atoms with Crippen molar-refractivity contribution in [2.75, 3.05) is 13.2 Å². The van der Waals surface area contributed by atoms with Crippen LogP contribution in [-0.2, 0) is 4.74 Å². The van der Waals surface area contributed by atoms with E-state index >= 15 is 0 Å². The van der Waals surface area contributed by atoms with E-state index in [1.807, 2.05) is 0 Å². The van der Waals surface area contributed by atoms with Crippen LogP contribution >= 0.6 is 0 Å². The molecule has 1 fully saturated rings. The zero-order chi connectivity index (χ0) is 14.2. The van der Waals surface area contributed by atoms with Crippen LogP contribution in [0, 0.1) is 0 Å². The molecule has 0 aromatic heterocycles. The fourth-order valence-corrected chi connectivity index (χ4v) is 2.80. The van der Waals surface area contributed by atoms with Crippen molar-refractivity contribution in [3.05, 3.63) is 29.8 Å². The number of rotatable bonds is 7. The summed E-state index contributed by atoms with van der Waals surface area (Å²) in [6, 6.07) is 8.68. The molecule has 2 nitrogen and oxygen atoms in total. The smallest absolute Gasteiger partial charge is 0.119 e. The maximum atomic E-state index is 5.72. The average molecular weight is 276 g/mol. The van der Waals surface area contributed by atoms with Crippen LogP contribution in [0.1, 0.15) is 63.9 Å². The molecule has 0 radical (unpaired) electrons. The monoisotopic (exact) mass is 276 g/mol. The van der Waals surface area contributed by atoms with Crippen molar-refractivity contribution in [2.45, 2.75) is 64.4 Å². The number of hydrogen-bond acceptors (Lipinski definition) is 2. The maximum Gasteiger partial charge on any atom is 0.119 e. The molecule has 1 aromatic rings. The molecule has 0 aliphatic heterocycles. The Labute approximate surface area is 123 Å². The fraction of sp³-hybridized carbons (Fsp3) is 0.667. The molecule has 1 aliphatic rings. The topological polar surface area (TPSA) is 18.5 Å². The highest BCUT2D eigenvalue weighted by Gasteiger charge is 2.15. The van der Waals surface area contributed by atoms with Crippen LogP contribution in [-0.4, -0.2) is 19.3 Å². The third-order valence-electron chi connectivity index (χ3n) is 4.29. The molecule has 0 spiro atoms. The van der Waals surface area contributed by atoms with Crippen LogP contribution < -0.4 is 4.74 Å². The summed E-state index contributed by atoms with van der Waals surface area (Å²) in [5.41, 5.74) is 1.48. The molecule has 0 heterocycles. The summed E-state index contributed by atoms with van der Waals surface area (Å²) < 4.78 is 11.3. The number of ether oxygens (including phenoxy) is 2. The minimum Gasteiger partial charge on any atom is -0.491 e. The van der Waals surface area contributed by atoms with E-state index in [9.17, 15) is 0 Å². The number of benzene rings is 1. The first-order chi connectivity index (χ1) is 9.79. The van der Waals surface area contributed by atoms with Crippen molar-refractivity contribution in [3.63, 3.8) is 0 Å². The lowest BCUT2D eigenvalue weighted by molar-refractivity contribution is 0.0427. The maximum absolute atomic E-state index is 5.72. The molecule has 0 saturated heterocycles. The Morgan fingerprint density at radius 3 is 2.40 bits per heavy atom. The van der Waals surface area contributed by atoms with Crippen molar-refractivity contribution in [1.82, 2.24) is 0 Å². The van der Waals surface area contributed by atoms with E-state index in [-0.39, 0.29) is 0 Å². The third kappa shape index (κ3) is 4.82. The average Bonchev–Trinajstić information content (AvgIpc) is 2.52. The van der Waals surface area contributed by atoms with E-state index in [2.05, 4.69) is 38.1 Å². The standard InChI is InChI=1S/C18H28O2/c1-3-15(2)19-13-14-20-18-11-9-17(10-12-18)16-7-5-4-6-8-16/h9-12,15-16H,3-8,13-14H2,1-2H3. The van der Waals surface area contributed by atoms with Crippen molar-refractivity contribution >= 4 is 0 Å². The lowest BCUT2D eigenvalue weighted by atomic mass is 9.84. The molecule has 0 amide bonds. The first-order valence-electron chi connectivity index (χ1n) is 8.14. The summed E-state index contributed by atoms with van der Waals surface area (Å²) in [7, 11) is 0. The first kappa shape index (κ1) is 15.4. The summed E-state index contributed by atoms with van der Waals surface area (Å²) in [5.74, 6) is 1.73. The van der Waals surface area contributed by atoms with Crippen molar-refractivity contribution in [2.24, 2.45) is 0 Å². The second-order valence-corrected chi connectivity index (χ2v) is 5.84. The Morgan fingerprint density at radius 2 is 1.75 bits per heavy atom. The Bertz CT molecular complexity index is 366. The van der Waals surface area contributed by atoms with Crippen molar-refractivity contribution < 1.29 is 9.47 Å². The highest BCUT2D eigenvalue weighted by molar-refractivity contribution is 5.29. The molecule has 0 N–H and O–H groups in total. The zero-order valence-corrected chi connectivity index (χ0v) is 12.9. The normalized spacial score (nSPS) is 17.9. The predicted molar refractivity (Wildman–Crippen MR) is 83.5 cm³/mol. The van der Waals surface area contributed by atoms with E-state index in [1.165, 1.54) is 37.7 Å². The summed E-state index contributed by atoms with van der Waals surface area (Å²) in [6.07, 6.45) is 8.26. The van der Waals surface area contributed by atoms with Gasteiger partial charge in [-0.2, -0.15) is 0 Å². The zero-order valence-electron chi connectivity index (χ0n) is 12.9. The van der Waals surface area contributed by atoms with Gasteiger partial charge in [0.1, 0.15) is 12.4 Å². The molecule has 20 heavy (non-hydrogen) atoms. The minimum absolute atomic E-state index is 0.326. The summed E-state index contributed by atoms with van der Waals surface area (Å²) >= 11 is 0. The molecule has 1 saturated carbocycles. The summed E-state index contributed by atoms with van der Waals surface area (Å²) in [4.78, 5) is 0. The predicted octanol–water partition coefficient (Wildman–Crippen LogP) is 4.93. The van der Waals surface area contributed by atoms with Crippen molar-refractivity contribution in [3.8, 4) is 5.75 Å². The van der Waals surface area contributed by atoms with Crippen LogP contribution in [0.25, 0.3) is 0 Å². The molecule has 1 unspecified atom stereocenters. The lowest BCUT2D eigenvalue weighted by Gasteiger charge is -2.22. The van der Waals surface area contributed by atoms with Crippen LogP contribution in [0.3, 0.4) is 0 Å². The fourth-order valence-electron chi connectivity index (χ4n) is 2.80. The summed E-state index contributed by atoms with van der Waals surface area (Å²) in [6.45, 7) is 5.53. The van der Waals surface area contributed by atoms with Gasteiger partial charge in [0.15, 0.2) is 0 Å². The number of hydrogen-bond donors (Lipinski definition) is 0. The second-order valence-electron chi connectivity index (χ2n) is 5.84. The van der Waals surface area contributed by atoms with Gasteiger partial charge in [-0.05, 0) is 49.8 Å². The minimum atomic E-state index is 0.326. The van der Waals surface area contributed by atoms with Gasteiger partial charge in [0.05, 0.1) is 12.7 Å².